The SMILES string of the molecule is CCN1C(=O)C(C)(C)Nc2ccc(F)cc21. The van der Waals surface area contributed by atoms with Crippen LogP contribution in [0, 0.1) is 5.82 Å². The average Bonchev–Trinajstić information content (AvgIpc) is 2.21. The van der Waals surface area contributed by atoms with Gasteiger partial charge in [0.25, 0.3) is 5.91 Å². The highest BCUT2D eigenvalue weighted by atomic mass is 19.1. The number of halogens is 1. The topological polar surface area (TPSA) is 32.3 Å². The molecule has 1 aliphatic heterocycles. The molecular formula is C12H15FN2O. The van der Waals surface area contributed by atoms with Gasteiger partial charge in [0.05, 0.1) is 11.4 Å². The fraction of sp³-hybridized carbons (Fsp3) is 0.417. The molecule has 0 aliphatic carbocycles. The summed E-state index contributed by atoms with van der Waals surface area (Å²) in [5, 5.41) is 3.12. The van der Waals surface area contributed by atoms with Gasteiger partial charge in [-0.2, -0.15) is 0 Å². The average molecular weight is 222 g/mol. The van der Waals surface area contributed by atoms with Crippen molar-refractivity contribution in [3.05, 3.63) is 24.0 Å². The maximum Gasteiger partial charge on any atom is 0.252 e. The fourth-order valence-corrected chi connectivity index (χ4v) is 1.98. The summed E-state index contributed by atoms with van der Waals surface area (Å²) in [5.41, 5.74) is 0.778. The molecule has 0 saturated heterocycles. The minimum absolute atomic E-state index is 0.0342. The molecule has 2 rings (SSSR count). The van der Waals surface area contributed by atoms with E-state index in [4.69, 9.17) is 0 Å². The minimum Gasteiger partial charge on any atom is -0.370 e. The number of hydrogen-bond acceptors (Lipinski definition) is 2. The first kappa shape index (κ1) is 10.9. The molecule has 0 aromatic heterocycles. The van der Waals surface area contributed by atoms with Gasteiger partial charge in [0.15, 0.2) is 0 Å². The van der Waals surface area contributed by atoms with Crippen LogP contribution < -0.4 is 10.2 Å². The molecule has 1 amide bonds. The van der Waals surface area contributed by atoms with Gasteiger partial charge in [-0.05, 0) is 39.0 Å². The third kappa shape index (κ3) is 1.54. The molecule has 1 aromatic carbocycles. The van der Waals surface area contributed by atoms with Crippen LogP contribution in [0.5, 0.6) is 0 Å². The van der Waals surface area contributed by atoms with E-state index >= 15 is 0 Å². The number of rotatable bonds is 1. The Morgan fingerprint density at radius 2 is 2.12 bits per heavy atom. The summed E-state index contributed by atoms with van der Waals surface area (Å²) in [6, 6.07) is 4.45. The smallest absolute Gasteiger partial charge is 0.252 e. The molecule has 86 valence electrons. The second-order valence-electron chi connectivity index (χ2n) is 4.46. The van der Waals surface area contributed by atoms with Crippen molar-refractivity contribution in [2.45, 2.75) is 26.3 Å². The highest BCUT2D eigenvalue weighted by Gasteiger charge is 2.37. The number of amides is 1. The fourth-order valence-electron chi connectivity index (χ4n) is 1.98. The molecule has 0 saturated carbocycles. The first-order valence-electron chi connectivity index (χ1n) is 5.35. The molecule has 0 fully saturated rings. The van der Waals surface area contributed by atoms with Crippen molar-refractivity contribution in [2.24, 2.45) is 0 Å². The quantitative estimate of drug-likeness (QED) is 0.791. The van der Waals surface area contributed by atoms with Crippen LogP contribution in [0.15, 0.2) is 18.2 Å². The summed E-state index contributed by atoms with van der Waals surface area (Å²) in [6.07, 6.45) is 0. The van der Waals surface area contributed by atoms with Gasteiger partial charge in [0.1, 0.15) is 11.4 Å². The Hall–Kier alpha value is -1.58. The predicted molar refractivity (Wildman–Crippen MR) is 62.1 cm³/mol. The number of nitrogens with zero attached hydrogens (tertiary/aromatic N) is 1. The Morgan fingerprint density at radius 3 is 2.75 bits per heavy atom. The van der Waals surface area contributed by atoms with Gasteiger partial charge in [0, 0.05) is 6.54 Å². The highest BCUT2D eigenvalue weighted by molar-refractivity contribution is 6.07. The van der Waals surface area contributed by atoms with E-state index in [2.05, 4.69) is 5.32 Å². The molecule has 1 aromatic rings. The first-order valence-corrected chi connectivity index (χ1v) is 5.35. The molecule has 1 N–H and O–H groups in total. The lowest BCUT2D eigenvalue weighted by Gasteiger charge is -2.39. The third-order valence-electron chi connectivity index (χ3n) is 2.79. The van der Waals surface area contributed by atoms with Gasteiger partial charge in [-0.25, -0.2) is 4.39 Å². The molecule has 0 unspecified atom stereocenters. The van der Waals surface area contributed by atoms with Crippen LogP contribution in [-0.2, 0) is 4.79 Å². The van der Waals surface area contributed by atoms with E-state index in [1.807, 2.05) is 20.8 Å². The molecule has 1 aliphatic rings. The monoisotopic (exact) mass is 222 g/mol. The maximum atomic E-state index is 13.2. The van der Waals surface area contributed by atoms with E-state index in [0.717, 1.165) is 5.69 Å². The number of carbonyl (C=O) groups is 1. The van der Waals surface area contributed by atoms with Crippen LogP contribution in [-0.4, -0.2) is 18.0 Å². The zero-order valence-corrected chi connectivity index (χ0v) is 9.67. The number of nitrogens with one attached hydrogen (secondary N) is 1. The summed E-state index contributed by atoms with van der Waals surface area (Å²) in [5.74, 6) is -0.361. The Balaban J connectivity index is 2.56. The lowest BCUT2D eigenvalue weighted by atomic mass is 9.98. The third-order valence-corrected chi connectivity index (χ3v) is 2.79. The Labute approximate surface area is 94.3 Å². The molecule has 3 nitrogen and oxygen atoms in total. The van der Waals surface area contributed by atoms with E-state index < -0.39 is 5.54 Å². The maximum absolute atomic E-state index is 13.2. The van der Waals surface area contributed by atoms with Crippen molar-refractivity contribution in [3.8, 4) is 0 Å². The van der Waals surface area contributed by atoms with Crippen molar-refractivity contribution < 1.29 is 9.18 Å². The molecule has 0 radical (unpaired) electrons. The van der Waals surface area contributed by atoms with E-state index in [1.165, 1.54) is 12.1 Å². The standard InChI is InChI=1S/C12H15FN2O/c1-4-15-10-7-8(13)5-6-9(10)14-12(2,3)11(15)16/h5-7,14H,4H2,1-3H3. The summed E-state index contributed by atoms with van der Waals surface area (Å²) in [7, 11) is 0. The number of anilines is 2. The number of fused-ring (bicyclic) bond motifs is 1. The lowest BCUT2D eigenvalue weighted by molar-refractivity contribution is -0.122. The van der Waals surface area contributed by atoms with Gasteiger partial charge in [0.2, 0.25) is 0 Å². The van der Waals surface area contributed by atoms with Gasteiger partial charge in [-0.1, -0.05) is 0 Å². The van der Waals surface area contributed by atoms with Crippen LogP contribution in [0.4, 0.5) is 15.8 Å². The molecular weight excluding hydrogens is 207 g/mol. The number of carbonyl (C=O) groups excluding carboxylic acids is 1. The van der Waals surface area contributed by atoms with Gasteiger partial charge >= 0.3 is 0 Å². The van der Waals surface area contributed by atoms with Gasteiger partial charge in [-0.3, -0.25) is 4.79 Å². The number of benzene rings is 1. The Bertz CT molecular complexity index is 443. The minimum atomic E-state index is -0.638. The molecule has 16 heavy (non-hydrogen) atoms. The lowest BCUT2D eigenvalue weighted by Crippen LogP contribution is -2.53. The largest absolute Gasteiger partial charge is 0.370 e. The number of hydrogen-bond donors (Lipinski definition) is 1. The van der Waals surface area contributed by atoms with Crippen LogP contribution >= 0.6 is 0 Å². The van der Waals surface area contributed by atoms with Gasteiger partial charge in [-0.15, -0.1) is 0 Å². The van der Waals surface area contributed by atoms with Crippen molar-refractivity contribution in [1.82, 2.24) is 0 Å². The Morgan fingerprint density at radius 1 is 1.44 bits per heavy atom. The Kier molecular flexibility index (Phi) is 2.37. The van der Waals surface area contributed by atoms with Crippen molar-refractivity contribution >= 4 is 17.3 Å². The molecule has 0 spiro atoms. The van der Waals surface area contributed by atoms with Crippen LogP contribution in [0.2, 0.25) is 0 Å². The second-order valence-corrected chi connectivity index (χ2v) is 4.46. The zero-order valence-electron chi connectivity index (χ0n) is 9.67. The van der Waals surface area contributed by atoms with Crippen molar-refractivity contribution in [1.29, 1.82) is 0 Å². The zero-order chi connectivity index (χ0) is 11.9. The normalized spacial score (nSPS) is 18.0. The molecule has 1 heterocycles. The summed E-state index contributed by atoms with van der Waals surface area (Å²) < 4.78 is 13.2. The van der Waals surface area contributed by atoms with E-state index in [1.54, 1.807) is 11.0 Å². The molecule has 0 atom stereocenters. The molecule has 0 bridgehead atoms. The highest BCUT2D eigenvalue weighted by Crippen LogP contribution is 2.35. The first-order chi connectivity index (χ1) is 7.45. The summed E-state index contributed by atoms with van der Waals surface area (Å²) >= 11 is 0. The van der Waals surface area contributed by atoms with Crippen LogP contribution in [0.25, 0.3) is 0 Å². The van der Waals surface area contributed by atoms with E-state index in [-0.39, 0.29) is 11.7 Å². The number of likely N-dealkylation sites (N-methyl/N-ethyl adjacent to an activating group) is 1. The second kappa shape index (κ2) is 3.47. The molecule has 4 heteroatoms. The predicted octanol–water partition coefficient (Wildman–Crippen LogP) is 2.38. The van der Waals surface area contributed by atoms with Gasteiger partial charge < -0.3 is 10.2 Å². The van der Waals surface area contributed by atoms with Crippen molar-refractivity contribution in [2.75, 3.05) is 16.8 Å². The van der Waals surface area contributed by atoms with E-state index in [9.17, 15) is 9.18 Å². The van der Waals surface area contributed by atoms with Crippen molar-refractivity contribution in [3.63, 3.8) is 0 Å². The summed E-state index contributed by atoms with van der Waals surface area (Å²) in [4.78, 5) is 13.7. The van der Waals surface area contributed by atoms with Crippen LogP contribution in [0.3, 0.4) is 0 Å². The van der Waals surface area contributed by atoms with E-state index in [0.29, 0.717) is 12.2 Å². The summed E-state index contributed by atoms with van der Waals surface area (Å²) in [6.45, 7) is 6.07. The van der Waals surface area contributed by atoms with Crippen LogP contribution in [0.1, 0.15) is 20.8 Å².